The van der Waals surface area contributed by atoms with Crippen LogP contribution in [0.5, 0.6) is 5.75 Å². The summed E-state index contributed by atoms with van der Waals surface area (Å²) < 4.78 is 7.52. The molecule has 1 saturated carbocycles. The van der Waals surface area contributed by atoms with E-state index >= 15 is 0 Å². The molecule has 3 nitrogen and oxygen atoms in total. The Hall–Kier alpha value is -1.74. The quantitative estimate of drug-likeness (QED) is 0.905. The first-order valence-electron chi connectivity index (χ1n) is 7.14. The molecule has 0 aliphatic heterocycles. The summed E-state index contributed by atoms with van der Waals surface area (Å²) in [5, 5.41) is 10.1. The second kappa shape index (κ2) is 5.33. The van der Waals surface area contributed by atoms with Gasteiger partial charge in [-0.1, -0.05) is 17.7 Å². The van der Waals surface area contributed by atoms with Gasteiger partial charge in [-0.15, -0.1) is 0 Å². The number of ether oxygens (including phenoxy) is 1. The molecule has 1 aromatic carbocycles. The van der Waals surface area contributed by atoms with Crippen molar-refractivity contribution in [3.63, 3.8) is 0 Å². The van der Waals surface area contributed by atoms with E-state index in [0.29, 0.717) is 5.92 Å². The minimum Gasteiger partial charge on any atom is -0.496 e. The first-order valence-corrected chi connectivity index (χ1v) is 7.14. The van der Waals surface area contributed by atoms with E-state index in [9.17, 15) is 5.11 Å². The number of hydrogen-bond acceptors (Lipinski definition) is 2. The normalized spacial score (nSPS) is 16.1. The van der Waals surface area contributed by atoms with Crippen molar-refractivity contribution >= 4 is 0 Å². The highest BCUT2D eigenvalue weighted by Gasteiger charge is 2.31. The molecular formula is C17H21NO2. The van der Waals surface area contributed by atoms with Crippen LogP contribution in [0.15, 0.2) is 36.7 Å². The number of aliphatic hydroxyl groups is 1. The Morgan fingerprint density at radius 2 is 2.15 bits per heavy atom. The first kappa shape index (κ1) is 13.3. The summed E-state index contributed by atoms with van der Waals surface area (Å²) in [6.45, 7) is 2.85. The number of methoxy groups -OCH3 is 1. The number of nitrogens with zero attached hydrogens (tertiary/aromatic N) is 1. The molecule has 1 atom stereocenters. The molecular weight excluding hydrogens is 250 g/mol. The van der Waals surface area contributed by atoms with Gasteiger partial charge in [-0.3, -0.25) is 0 Å². The third kappa shape index (κ3) is 2.73. The van der Waals surface area contributed by atoms with E-state index in [0.717, 1.165) is 36.3 Å². The molecule has 3 heteroatoms. The molecule has 0 spiro atoms. The topological polar surface area (TPSA) is 34.4 Å². The molecule has 1 fully saturated rings. The Kier molecular flexibility index (Phi) is 3.53. The number of aromatic nitrogens is 1. The molecule has 1 N–H and O–H groups in total. The predicted octanol–water partition coefficient (Wildman–Crippen LogP) is 3.30. The van der Waals surface area contributed by atoms with Gasteiger partial charge >= 0.3 is 0 Å². The van der Waals surface area contributed by atoms with Crippen molar-refractivity contribution in [3.8, 4) is 5.75 Å². The number of benzene rings is 1. The largest absolute Gasteiger partial charge is 0.496 e. The third-order valence-electron chi connectivity index (χ3n) is 3.97. The smallest absolute Gasteiger partial charge is 0.123 e. The Morgan fingerprint density at radius 3 is 2.85 bits per heavy atom. The van der Waals surface area contributed by atoms with Gasteiger partial charge < -0.3 is 14.4 Å². The van der Waals surface area contributed by atoms with E-state index in [2.05, 4.69) is 23.6 Å². The van der Waals surface area contributed by atoms with E-state index in [4.69, 9.17) is 4.74 Å². The van der Waals surface area contributed by atoms with Crippen molar-refractivity contribution in [2.24, 2.45) is 5.92 Å². The van der Waals surface area contributed by atoms with Crippen LogP contribution in [0.25, 0.3) is 0 Å². The molecule has 3 rings (SSSR count). The fourth-order valence-corrected chi connectivity index (χ4v) is 2.64. The van der Waals surface area contributed by atoms with E-state index in [1.807, 2.05) is 24.5 Å². The summed E-state index contributed by atoms with van der Waals surface area (Å²) >= 11 is 0. The van der Waals surface area contributed by atoms with Gasteiger partial charge in [-0.05, 0) is 43.4 Å². The Labute approximate surface area is 119 Å². The van der Waals surface area contributed by atoms with Crippen molar-refractivity contribution in [2.75, 3.05) is 7.11 Å². The zero-order valence-corrected chi connectivity index (χ0v) is 12.0. The molecule has 2 aromatic rings. The molecule has 0 amide bonds. The summed E-state index contributed by atoms with van der Waals surface area (Å²) in [4.78, 5) is 0. The molecule has 1 aliphatic rings. The number of rotatable bonds is 5. The van der Waals surface area contributed by atoms with Crippen molar-refractivity contribution in [2.45, 2.75) is 32.4 Å². The number of aliphatic hydroxyl groups excluding tert-OH is 1. The second-order valence-electron chi connectivity index (χ2n) is 5.71. The molecule has 0 saturated heterocycles. The molecule has 106 valence electrons. The van der Waals surface area contributed by atoms with Crippen LogP contribution >= 0.6 is 0 Å². The summed E-state index contributed by atoms with van der Waals surface area (Å²) in [5.74, 6) is 1.38. The average Bonchev–Trinajstić information content (AvgIpc) is 3.19. The van der Waals surface area contributed by atoms with E-state index in [1.54, 1.807) is 7.11 Å². The standard InChI is InChI=1S/C17H21NO2/c1-12-3-6-16(20-2)15(9-12)11-18-8-7-14(10-18)17(19)13-4-5-13/h3,6-10,13,17,19H,4-5,11H2,1-2H3. The maximum atomic E-state index is 10.1. The Morgan fingerprint density at radius 1 is 1.35 bits per heavy atom. The van der Waals surface area contributed by atoms with Crippen LogP contribution in [0.2, 0.25) is 0 Å². The van der Waals surface area contributed by atoms with Gasteiger partial charge in [0.25, 0.3) is 0 Å². The van der Waals surface area contributed by atoms with Crippen LogP contribution in [0.4, 0.5) is 0 Å². The van der Waals surface area contributed by atoms with Gasteiger partial charge in [-0.2, -0.15) is 0 Å². The zero-order chi connectivity index (χ0) is 14.1. The van der Waals surface area contributed by atoms with Crippen LogP contribution in [0.3, 0.4) is 0 Å². The molecule has 1 aromatic heterocycles. The monoisotopic (exact) mass is 271 g/mol. The van der Waals surface area contributed by atoms with Gasteiger partial charge in [-0.25, -0.2) is 0 Å². The lowest BCUT2D eigenvalue weighted by Crippen LogP contribution is -2.01. The van der Waals surface area contributed by atoms with Gasteiger partial charge in [0, 0.05) is 18.0 Å². The lowest BCUT2D eigenvalue weighted by molar-refractivity contribution is 0.154. The molecule has 0 bridgehead atoms. The Balaban J connectivity index is 1.79. The number of aryl methyl sites for hydroxylation is 1. The highest BCUT2D eigenvalue weighted by atomic mass is 16.5. The minimum atomic E-state index is -0.296. The molecule has 1 aliphatic carbocycles. The lowest BCUT2D eigenvalue weighted by atomic mass is 10.1. The van der Waals surface area contributed by atoms with Gasteiger partial charge in [0.2, 0.25) is 0 Å². The maximum absolute atomic E-state index is 10.1. The van der Waals surface area contributed by atoms with Crippen LogP contribution in [0.1, 0.15) is 35.6 Å². The molecule has 0 radical (unpaired) electrons. The van der Waals surface area contributed by atoms with Gasteiger partial charge in [0.15, 0.2) is 0 Å². The zero-order valence-electron chi connectivity index (χ0n) is 12.0. The fourth-order valence-electron chi connectivity index (χ4n) is 2.64. The molecule has 1 unspecified atom stereocenters. The SMILES string of the molecule is COc1ccc(C)cc1Cn1ccc(C(O)C2CC2)c1. The number of hydrogen-bond donors (Lipinski definition) is 1. The highest BCUT2D eigenvalue weighted by molar-refractivity contribution is 5.37. The van der Waals surface area contributed by atoms with E-state index in [-0.39, 0.29) is 6.10 Å². The minimum absolute atomic E-state index is 0.296. The fraction of sp³-hybridized carbons (Fsp3) is 0.412. The Bertz CT molecular complexity index is 599. The van der Waals surface area contributed by atoms with Crippen molar-refractivity contribution in [1.29, 1.82) is 0 Å². The van der Waals surface area contributed by atoms with Gasteiger partial charge in [0.05, 0.1) is 19.8 Å². The molecule has 1 heterocycles. The van der Waals surface area contributed by atoms with E-state index in [1.165, 1.54) is 5.56 Å². The van der Waals surface area contributed by atoms with Crippen molar-refractivity contribution in [3.05, 3.63) is 53.3 Å². The van der Waals surface area contributed by atoms with E-state index < -0.39 is 0 Å². The summed E-state index contributed by atoms with van der Waals surface area (Å²) in [5.41, 5.74) is 3.42. The van der Waals surface area contributed by atoms with Crippen molar-refractivity contribution < 1.29 is 9.84 Å². The van der Waals surface area contributed by atoms with Crippen LogP contribution in [-0.2, 0) is 6.54 Å². The van der Waals surface area contributed by atoms with Crippen LogP contribution in [0, 0.1) is 12.8 Å². The van der Waals surface area contributed by atoms with Crippen molar-refractivity contribution in [1.82, 2.24) is 4.57 Å². The predicted molar refractivity (Wildman–Crippen MR) is 78.9 cm³/mol. The lowest BCUT2D eigenvalue weighted by Gasteiger charge is -2.11. The molecule has 20 heavy (non-hydrogen) atoms. The average molecular weight is 271 g/mol. The third-order valence-corrected chi connectivity index (χ3v) is 3.97. The summed E-state index contributed by atoms with van der Waals surface area (Å²) in [6.07, 6.45) is 6.08. The first-order chi connectivity index (χ1) is 9.67. The van der Waals surface area contributed by atoms with Crippen LogP contribution < -0.4 is 4.74 Å². The maximum Gasteiger partial charge on any atom is 0.123 e. The highest BCUT2D eigenvalue weighted by Crippen LogP contribution is 2.40. The summed E-state index contributed by atoms with van der Waals surface area (Å²) in [6, 6.07) is 8.23. The summed E-state index contributed by atoms with van der Waals surface area (Å²) in [7, 11) is 1.70. The van der Waals surface area contributed by atoms with Gasteiger partial charge in [0.1, 0.15) is 5.75 Å². The second-order valence-corrected chi connectivity index (χ2v) is 5.71. The van der Waals surface area contributed by atoms with Crippen LogP contribution in [-0.4, -0.2) is 16.8 Å².